The third-order valence-corrected chi connectivity index (χ3v) is 5.32. The van der Waals surface area contributed by atoms with Gasteiger partial charge in [0.1, 0.15) is 29.0 Å². The smallest absolute Gasteiger partial charge is 0.137 e. The summed E-state index contributed by atoms with van der Waals surface area (Å²) in [5.74, 6) is 1.25. The van der Waals surface area contributed by atoms with Crippen LogP contribution in [0.4, 0.5) is 0 Å². The number of hydrogen-bond acceptors (Lipinski definition) is 5. The average molecular weight is 394 g/mol. The van der Waals surface area contributed by atoms with Crippen LogP contribution in [0.25, 0.3) is 0 Å². The number of aldehydes is 1. The first-order valence-corrected chi connectivity index (χ1v) is 9.42. The number of aliphatic hydroxyl groups is 1. The molecule has 3 atom stereocenters. The van der Waals surface area contributed by atoms with E-state index in [1.165, 1.54) is 7.11 Å². The van der Waals surface area contributed by atoms with Crippen LogP contribution in [0.5, 0.6) is 5.75 Å². The lowest BCUT2D eigenvalue weighted by molar-refractivity contribution is -0.114. The number of aliphatic hydroxyl groups excluding tert-OH is 1. The third kappa shape index (κ3) is 4.20. The molecule has 1 N–H and O–H groups in total. The van der Waals surface area contributed by atoms with Crippen molar-refractivity contribution < 1.29 is 24.1 Å². The van der Waals surface area contributed by atoms with Crippen molar-refractivity contribution in [3.05, 3.63) is 89.4 Å². The van der Waals surface area contributed by atoms with Crippen LogP contribution in [0.15, 0.2) is 78.3 Å². The van der Waals surface area contributed by atoms with E-state index in [0.717, 1.165) is 11.8 Å². The van der Waals surface area contributed by atoms with Crippen molar-refractivity contribution in [2.45, 2.75) is 12.5 Å². The topological polar surface area (TPSA) is 65.0 Å². The van der Waals surface area contributed by atoms with Crippen molar-refractivity contribution in [3.63, 3.8) is 0 Å². The summed E-state index contributed by atoms with van der Waals surface area (Å²) in [5.41, 5.74) is 0.730. The number of benzene rings is 2. The maximum absolute atomic E-state index is 12.2. The van der Waals surface area contributed by atoms with Crippen molar-refractivity contribution in [2.75, 3.05) is 21.3 Å². The van der Waals surface area contributed by atoms with Crippen LogP contribution >= 0.6 is 0 Å². The summed E-state index contributed by atoms with van der Waals surface area (Å²) in [7, 11) is 4.68. The standard InChI is InChI=1S/C24H26O5/c1-27-19-11-9-18(10-12-19)23(26)20-13-22(29-3)24(16-25,15-21(20)28-2)14-17-7-5-4-6-8-17/h4-13,15-16,20,23,26H,14H2,1-3H3/t20-,23+,24+/m1/s1. The van der Waals surface area contributed by atoms with Gasteiger partial charge in [0.15, 0.2) is 0 Å². The molecular weight excluding hydrogens is 368 g/mol. The number of hydrogen-bond donors (Lipinski definition) is 1. The highest BCUT2D eigenvalue weighted by Gasteiger charge is 2.41. The maximum atomic E-state index is 12.2. The Morgan fingerprint density at radius 3 is 2.24 bits per heavy atom. The maximum Gasteiger partial charge on any atom is 0.137 e. The summed E-state index contributed by atoms with van der Waals surface area (Å²) in [6.45, 7) is 0. The number of ether oxygens (including phenoxy) is 3. The van der Waals surface area contributed by atoms with Gasteiger partial charge in [0.25, 0.3) is 0 Å². The predicted octanol–water partition coefficient (Wildman–Crippen LogP) is 3.85. The van der Waals surface area contributed by atoms with Crippen molar-refractivity contribution in [2.24, 2.45) is 11.3 Å². The Hall–Kier alpha value is -3.05. The zero-order chi connectivity index (χ0) is 20.9. The predicted molar refractivity (Wildman–Crippen MR) is 110 cm³/mol. The Morgan fingerprint density at radius 1 is 1.00 bits per heavy atom. The molecule has 0 saturated carbocycles. The Balaban J connectivity index is 1.97. The molecule has 1 aliphatic carbocycles. The third-order valence-electron chi connectivity index (χ3n) is 5.32. The highest BCUT2D eigenvalue weighted by Crippen LogP contribution is 2.43. The van der Waals surface area contributed by atoms with E-state index < -0.39 is 17.4 Å². The zero-order valence-corrected chi connectivity index (χ0v) is 16.9. The van der Waals surface area contributed by atoms with Crippen LogP contribution in [-0.2, 0) is 20.7 Å². The normalized spacial score (nSPS) is 22.1. The van der Waals surface area contributed by atoms with Crippen molar-refractivity contribution in [3.8, 4) is 5.75 Å². The molecule has 0 aromatic heterocycles. The van der Waals surface area contributed by atoms with Crippen LogP contribution in [0, 0.1) is 11.3 Å². The molecule has 29 heavy (non-hydrogen) atoms. The summed E-state index contributed by atoms with van der Waals surface area (Å²) in [5, 5.41) is 11.0. The van der Waals surface area contributed by atoms with Crippen LogP contribution in [0.1, 0.15) is 17.2 Å². The van der Waals surface area contributed by atoms with Gasteiger partial charge in [-0.25, -0.2) is 0 Å². The molecule has 0 saturated heterocycles. The van der Waals surface area contributed by atoms with Crippen LogP contribution in [0.2, 0.25) is 0 Å². The van der Waals surface area contributed by atoms with Gasteiger partial charge in [-0.05, 0) is 41.8 Å². The van der Waals surface area contributed by atoms with Gasteiger partial charge < -0.3 is 24.1 Å². The molecule has 0 radical (unpaired) electrons. The van der Waals surface area contributed by atoms with Gasteiger partial charge in [-0.2, -0.15) is 0 Å². The lowest BCUT2D eigenvalue weighted by atomic mass is 9.74. The first-order valence-electron chi connectivity index (χ1n) is 9.42. The summed E-state index contributed by atoms with van der Waals surface area (Å²) in [6, 6.07) is 16.9. The molecule has 0 heterocycles. The highest BCUT2D eigenvalue weighted by atomic mass is 16.5. The summed E-state index contributed by atoms with van der Waals surface area (Å²) in [6.07, 6.45) is 4.01. The molecule has 0 unspecified atom stereocenters. The molecule has 0 bridgehead atoms. The van der Waals surface area contributed by atoms with Gasteiger partial charge >= 0.3 is 0 Å². The molecule has 5 heteroatoms. The van der Waals surface area contributed by atoms with Crippen molar-refractivity contribution >= 4 is 6.29 Å². The number of carbonyl (C=O) groups is 1. The zero-order valence-electron chi connectivity index (χ0n) is 16.9. The minimum Gasteiger partial charge on any atom is -0.501 e. The van der Waals surface area contributed by atoms with E-state index in [2.05, 4.69) is 0 Å². The Bertz CT molecular complexity index is 885. The second-order valence-corrected chi connectivity index (χ2v) is 7.05. The van der Waals surface area contributed by atoms with E-state index in [1.807, 2.05) is 42.5 Å². The number of allylic oxidation sites excluding steroid dienone is 1. The minimum atomic E-state index is -0.989. The van der Waals surface area contributed by atoms with Crippen LogP contribution in [-0.4, -0.2) is 32.7 Å². The Morgan fingerprint density at radius 2 is 1.69 bits per heavy atom. The lowest BCUT2D eigenvalue weighted by Gasteiger charge is -2.35. The van der Waals surface area contributed by atoms with Gasteiger partial charge in [0.05, 0.1) is 33.4 Å². The second-order valence-electron chi connectivity index (χ2n) is 7.05. The number of carbonyl (C=O) groups excluding carboxylic acids is 1. The summed E-state index contributed by atoms with van der Waals surface area (Å²) < 4.78 is 16.4. The summed E-state index contributed by atoms with van der Waals surface area (Å²) in [4.78, 5) is 12.2. The molecule has 152 valence electrons. The van der Waals surface area contributed by atoms with E-state index in [1.54, 1.807) is 38.5 Å². The second kappa shape index (κ2) is 8.97. The Labute approximate surface area is 171 Å². The van der Waals surface area contributed by atoms with Gasteiger partial charge in [0.2, 0.25) is 0 Å². The fourth-order valence-corrected chi connectivity index (χ4v) is 3.74. The fourth-order valence-electron chi connectivity index (χ4n) is 3.74. The van der Waals surface area contributed by atoms with Crippen molar-refractivity contribution in [1.29, 1.82) is 0 Å². The molecule has 0 amide bonds. The number of methoxy groups -OCH3 is 3. The Kier molecular flexibility index (Phi) is 6.39. The fraction of sp³-hybridized carbons (Fsp3) is 0.292. The van der Waals surface area contributed by atoms with Crippen molar-refractivity contribution in [1.82, 2.24) is 0 Å². The van der Waals surface area contributed by atoms with E-state index in [4.69, 9.17) is 14.2 Å². The van der Waals surface area contributed by atoms with Gasteiger partial charge in [0, 0.05) is 0 Å². The molecule has 2 aromatic rings. The molecule has 0 spiro atoms. The molecule has 0 fully saturated rings. The average Bonchev–Trinajstić information content (AvgIpc) is 2.79. The monoisotopic (exact) mass is 394 g/mol. The largest absolute Gasteiger partial charge is 0.501 e. The SMILES string of the molecule is COC1=C[C@](C=O)(Cc2ccccc2)C(OC)=C[C@H]1[C@@H](O)c1ccc(OC)cc1. The quantitative estimate of drug-likeness (QED) is 0.689. The molecule has 2 aromatic carbocycles. The first-order chi connectivity index (χ1) is 14.1. The van der Waals surface area contributed by atoms with Crippen LogP contribution < -0.4 is 4.74 Å². The van der Waals surface area contributed by atoms with E-state index >= 15 is 0 Å². The number of rotatable bonds is 8. The highest BCUT2D eigenvalue weighted by molar-refractivity contribution is 5.70. The first kappa shape index (κ1) is 20.7. The molecule has 5 nitrogen and oxygen atoms in total. The summed E-state index contributed by atoms with van der Waals surface area (Å²) >= 11 is 0. The molecule has 3 rings (SSSR count). The minimum absolute atomic E-state index is 0.440. The van der Waals surface area contributed by atoms with Crippen LogP contribution in [0.3, 0.4) is 0 Å². The van der Waals surface area contributed by atoms with Gasteiger partial charge in [-0.15, -0.1) is 0 Å². The molecule has 1 aliphatic rings. The van der Waals surface area contributed by atoms with Gasteiger partial charge in [-0.1, -0.05) is 42.5 Å². The van der Waals surface area contributed by atoms with E-state index in [0.29, 0.717) is 29.3 Å². The van der Waals surface area contributed by atoms with Gasteiger partial charge in [-0.3, -0.25) is 0 Å². The molecular formula is C24H26O5. The van der Waals surface area contributed by atoms with E-state index in [-0.39, 0.29) is 0 Å². The van der Waals surface area contributed by atoms with E-state index in [9.17, 15) is 9.90 Å². The lowest BCUT2D eigenvalue weighted by Crippen LogP contribution is -2.33. The molecule has 0 aliphatic heterocycles.